The Morgan fingerprint density at radius 3 is 2.71 bits per heavy atom. The highest BCUT2D eigenvalue weighted by atomic mass is 19.1. The third kappa shape index (κ3) is 3.35. The monoisotopic (exact) mass is 381 g/mol. The number of aryl methyl sites for hydroxylation is 1. The van der Waals surface area contributed by atoms with Crippen LogP contribution in [-0.4, -0.2) is 34.8 Å². The van der Waals surface area contributed by atoms with Crippen LogP contribution in [0.1, 0.15) is 47.3 Å². The number of rotatable bonds is 3. The average molecular weight is 381 g/mol. The fraction of sp³-hybridized carbons (Fsp3) is 0.364. The van der Waals surface area contributed by atoms with E-state index in [4.69, 9.17) is 0 Å². The second kappa shape index (κ2) is 7.26. The summed E-state index contributed by atoms with van der Waals surface area (Å²) in [4.78, 5) is 30.3. The van der Waals surface area contributed by atoms with Gasteiger partial charge in [0.1, 0.15) is 5.82 Å². The highest BCUT2D eigenvalue weighted by Crippen LogP contribution is 2.34. The number of halogens is 1. The Labute approximate surface area is 163 Å². The van der Waals surface area contributed by atoms with Gasteiger partial charge < -0.3 is 15.2 Å². The van der Waals surface area contributed by atoms with E-state index in [2.05, 4.69) is 10.3 Å². The average Bonchev–Trinajstić information content (AvgIpc) is 3.13. The van der Waals surface area contributed by atoms with Gasteiger partial charge >= 0.3 is 0 Å². The number of benzene rings is 1. The molecule has 146 valence electrons. The molecule has 0 aliphatic carbocycles. The molecule has 5 nitrogen and oxygen atoms in total. The van der Waals surface area contributed by atoms with Crippen molar-refractivity contribution in [2.75, 3.05) is 18.4 Å². The lowest BCUT2D eigenvalue weighted by atomic mass is 10.0. The minimum Gasteiger partial charge on any atom is -0.359 e. The Kier molecular flexibility index (Phi) is 4.79. The van der Waals surface area contributed by atoms with Gasteiger partial charge in [0.05, 0.1) is 12.0 Å². The van der Waals surface area contributed by atoms with Gasteiger partial charge in [-0.05, 0) is 68.5 Å². The van der Waals surface area contributed by atoms with Crippen molar-refractivity contribution < 1.29 is 14.0 Å². The van der Waals surface area contributed by atoms with Crippen LogP contribution >= 0.6 is 0 Å². The number of carbonyl (C=O) groups is 2. The molecule has 2 aliphatic rings. The molecule has 4 rings (SSSR count). The van der Waals surface area contributed by atoms with Crippen LogP contribution < -0.4 is 5.32 Å². The molecule has 1 aromatic carbocycles. The SMILES string of the molecule is Cc1[nH]c(/C=C2\C(=O)Nc3ccc(F)cc32)c(C)c1CC(=O)N1CCCCC1. The molecule has 0 spiro atoms. The molecular weight excluding hydrogens is 357 g/mol. The predicted molar refractivity (Wildman–Crippen MR) is 107 cm³/mol. The summed E-state index contributed by atoms with van der Waals surface area (Å²) in [6, 6.07) is 4.26. The number of aromatic amines is 1. The summed E-state index contributed by atoms with van der Waals surface area (Å²) in [6.45, 7) is 5.56. The summed E-state index contributed by atoms with van der Waals surface area (Å²) in [5.74, 6) is -0.485. The van der Waals surface area contributed by atoms with Crippen LogP contribution in [0.15, 0.2) is 18.2 Å². The highest BCUT2D eigenvalue weighted by molar-refractivity contribution is 6.34. The lowest BCUT2D eigenvalue weighted by Gasteiger charge is -2.26. The molecule has 0 atom stereocenters. The van der Waals surface area contributed by atoms with E-state index >= 15 is 0 Å². The second-order valence-electron chi connectivity index (χ2n) is 7.59. The van der Waals surface area contributed by atoms with Gasteiger partial charge in [-0.3, -0.25) is 9.59 Å². The van der Waals surface area contributed by atoms with Crippen molar-refractivity contribution in [3.05, 3.63) is 52.1 Å². The third-order valence-electron chi connectivity index (χ3n) is 5.72. The molecular formula is C22H24FN3O2. The van der Waals surface area contributed by atoms with Crippen molar-refractivity contribution in [3.8, 4) is 0 Å². The van der Waals surface area contributed by atoms with Gasteiger partial charge in [-0.15, -0.1) is 0 Å². The number of hydrogen-bond donors (Lipinski definition) is 2. The van der Waals surface area contributed by atoms with Gasteiger partial charge in [-0.25, -0.2) is 4.39 Å². The number of amides is 2. The van der Waals surface area contributed by atoms with Crippen molar-refractivity contribution in [1.82, 2.24) is 9.88 Å². The maximum absolute atomic E-state index is 13.7. The van der Waals surface area contributed by atoms with Gasteiger partial charge in [-0.2, -0.15) is 0 Å². The zero-order chi connectivity index (χ0) is 19.8. The number of likely N-dealkylation sites (tertiary alicyclic amines) is 1. The number of nitrogens with zero attached hydrogens (tertiary/aromatic N) is 1. The molecule has 0 saturated carbocycles. The number of hydrogen-bond acceptors (Lipinski definition) is 2. The van der Waals surface area contributed by atoms with E-state index in [1.165, 1.54) is 18.6 Å². The lowest BCUT2D eigenvalue weighted by molar-refractivity contribution is -0.131. The summed E-state index contributed by atoms with van der Waals surface area (Å²) in [5, 5.41) is 2.76. The molecule has 1 fully saturated rings. The smallest absolute Gasteiger partial charge is 0.256 e. The largest absolute Gasteiger partial charge is 0.359 e. The summed E-state index contributed by atoms with van der Waals surface area (Å²) < 4.78 is 13.7. The highest BCUT2D eigenvalue weighted by Gasteiger charge is 2.26. The standard InChI is InChI=1S/C22H24FN3O2/c1-13-16(12-21(27)26-8-4-3-5-9-26)14(2)24-20(13)11-18-17-10-15(23)6-7-19(17)25-22(18)28/h6-7,10-11,24H,3-5,8-9,12H2,1-2H3,(H,25,28)/b18-11-. The number of H-pyrrole nitrogens is 1. The summed E-state index contributed by atoms with van der Waals surface area (Å²) in [5.41, 5.74) is 5.22. The molecule has 2 N–H and O–H groups in total. The Balaban J connectivity index is 1.63. The van der Waals surface area contributed by atoms with Crippen molar-refractivity contribution in [1.29, 1.82) is 0 Å². The van der Waals surface area contributed by atoms with Crippen molar-refractivity contribution in [2.45, 2.75) is 39.5 Å². The second-order valence-corrected chi connectivity index (χ2v) is 7.59. The molecule has 28 heavy (non-hydrogen) atoms. The first kappa shape index (κ1) is 18.5. The number of aromatic nitrogens is 1. The molecule has 2 amide bonds. The van der Waals surface area contributed by atoms with Crippen LogP contribution in [0.4, 0.5) is 10.1 Å². The van der Waals surface area contributed by atoms with E-state index in [-0.39, 0.29) is 17.6 Å². The Hall–Kier alpha value is -2.89. The topological polar surface area (TPSA) is 65.2 Å². The van der Waals surface area contributed by atoms with Crippen molar-refractivity contribution >= 4 is 29.2 Å². The van der Waals surface area contributed by atoms with Gasteiger partial charge in [0, 0.05) is 35.7 Å². The van der Waals surface area contributed by atoms with E-state index in [0.717, 1.165) is 48.4 Å². The maximum atomic E-state index is 13.7. The fourth-order valence-electron chi connectivity index (χ4n) is 4.08. The molecule has 1 aromatic heterocycles. The molecule has 0 bridgehead atoms. The van der Waals surface area contributed by atoms with E-state index < -0.39 is 0 Å². The minimum absolute atomic E-state index is 0.148. The van der Waals surface area contributed by atoms with Crippen LogP contribution in [-0.2, 0) is 16.0 Å². The molecule has 3 heterocycles. The molecule has 0 unspecified atom stereocenters. The van der Waals surface area contributed by atoms with Gasteiger partial charge in [0.25, 0.3) is 5.91 Å². The number of carbonyl (C=O) groups excluding carboxylic acids is 2. The van der Waals surface area contributed by atoms with Gasteiger partial charge in [0.2, 0.25) is 5.91 Å². The third-order valence-corrected chi connectivity index (χ3v) is 5.72. The molecule has 2 aromatic rings. The van der Waals surface area contributed by atoms with Crippen LogP contribution in [0.2, 0.25) is 0 Å². The Morgan fingerprint density at radius 2 is 1.96 bits per heavy atom. The van der Waals surface area contributed by atoms with Crippen molar-refractivity contribution in [2.24, 2.45) is 0 Å². The summed E-state index contributed by atoms with van der Waals surface area (Å²) in [7, 11) is 0. The molecule has 6 heteroatoms. The maximum Gasteiger partial charge on any atom is 0.256 e. The fourth-order valence-corrected chi connectivity index (χ4v) is 4.08. The van der Waals surface area contributed by atoms with E-state index in [9.17, 15) is 14.0 Å². The van der Waals surface area contributed by atoms with E-state index in [1.807, 2.05) is 18.7 Å². The number of nitrogens with one attached hydrogen (secondary N) is 2. The number of anilines is 1. The van der Waals surface area contributed by atoms with Crippen LogP contribution in [0, 0.1) is 19.7 Å². The first-order valence-electron chi connectivity index (χ1n) is 9.73. The van der Waals surface area contributed by atoms with E-state index in [0.29, 0.717) is 23.2 Å². The molecule has 2 aliphatic heterocycles. The van der Waals surface area contributed by atoms with Crippen LogP contribution in [0.3, 0.4) is 0 Å². The number of piperidine rings is 1. The zero-order valence-electron chi connectivity index (χ0n) is 16.2. The zero-order valence-corrected chi connectivity index (χ0v) is 16.2. The predicted octanol–water partition coefficient (Wildman–Crippen LogP) is 3.82. The van der Waals surface area contributed by atoms with Crippen LogP contribution in [0.25, 0.3) is 11.6 Å². The molecule has 1 saturated heterocycles. The minimum atomic E-state index is -0.381. The summed E-state index contributed by atoms with van der Waals surface area (Å²) in [6.07, 6.45) is 5.43. The number of fused-ring (bicyclic) bond motifs is 1. The summed E-state index contributed by atoms with van der Waals surface area (Å²) >= 11 is 0. The van der Waals surface area contributed by atoms with E-state index in [1.54, 1.807) is 12.1 Å². The Morgan fingerprint density at radius 1 is 1.21 bits per heavy atom. The Bertz CT molecular complexity index is 984. The quantitative estimate of drug-likeness (QED) is 0.794. The van der Waals surface area contributed by atoms with Crippen molar-refractivity contribution in [3.63, 3.8) is 0 Å². The van der Waals surface area contributed by atoms with Crippen LogP contribution in [0.5, 0.6) is 0 Å². The molecule has 0 radical (unpaired) electrons. The normalized spacial score (nSPS) is 17.8. The van der Waals surface area contributed by atoms with Gasteiger partial charge in [0.15, 0.2) is 0 Å². The first-order valence-corrected chi connectivity index (χ1v) is 9.73. The lowest BCUT2D eigenvalue weighted by Crippen LogP contribution is -2.36. The first-order chi connectivity index (χ1) is 13.4. The van der Waals surface area contributed by atoms with Gasteiger partial charge in [-0.1, -0.05) is 0 Å².